The number of unbranched alkanes of at least 4 members (excludes halogenated alkanes) is 2. The maximum absolute atomic E-state index is 13.3. The van der Waals surface area contributed by atoms with E-state index in [2.05, 4.69) is 6.92 Å². The van der Waals surface area contributed by atoms with Crippen LogP contribution >= 0.6 is 0 Å². The van der Waals surface area contributed by atoms with Crippen molar-refractivity contribution < 1.29 is 28.9 Å². The van der Waals surface area contributed by atoms with E-state index in [1.54, 1.807) is 36.4 Å². The van der Waals surface area contributed by atoms with Gasteiger partial charge >= 0.3 is 0 Å². The smallest absolute Gasteiger partial charge is 0.295 e. The first-order valence-corrected chi connectivity index (χ1v) is 13.4. The van der Waals surface area contributed by atoms with Gasteiger partial charge in [-0.1, -0.05) is 25.8 Å². The normalized spacial score (nSPS) is 16.8. The van der Waals surface area contributed by atoms with Gasteiger partial charge in [0.2, 0.25) is 0 Å². The number of likely N-dealkylation sites (N-methyl/N-ethyl adjacent to an activating group) is 1. The predicted molar refractivity (Wildman–Crippen MR) is 148 cm³/mol. The van der Waals surface area contributed by atoms with Crippen molar-refractivity contribution in [2.75, 3.05) is 47.0 Å². The summed E-state index contributed by atoms with van der Waals surface area (Å²) in [6.07, 6.45) is 3.19. The number of Topliss-reactive ketones (excluding diaryl/α,β-unsaturated/α-hetero) is 1. The fraction of sp³-hybridized carbons (Fsp3) is 0.467. The van der Waals surface area contributed by atoms with Gasteiger partial charge in [-0.3, -0.25) is 9.59 Å². The zero-order valence-corrected chi connectivity index (χ0v) is 23.2. The van der Waals surface area contributed by atoms with E-state index in [-0.39, 0.29) is 11.3 Å². The monoisotopic (exact) mass is 524 g/mol. The van der Waals surface area contributed by atoms with Crippen LogP contribution in [-0.2, 0) is 9.59 Å². The highest BCUT2D eigenvalue weighted by Gasteiger charge is 2.46. The summed E-state index contributed by atoms with van der Waals surface area (Å²) in [5, 5.41) is 11.4. The molecule has 1 unspecified atom stereocenters. The highest BCUT2D eigenvalue weighted by atomic mass is 16.5. The minimum absolute atomic E-state index is 0.0528. The molecule has 0 radical (unpaired) electrons. The summed E-state index contributed by atoms with van der Waals surface area (Å²) in [5.41, 5.74) is 1.15. The SMILES string of the molecule is CCCCCOc1ccc(/C(O)=C2/C(=O)C(=O)N(CCN(C)C)C2c2ccc(OCC)c(OCC)c2)cc1. The first-order chi connectivity index (χ1) is 18.3. The van der Waals surface area contributed by atoms with Crippen molar-refractivity contribution >= 4 is 17.4 Å². The molecule has 0 aromatic heterocycles. The predicted octanol–water partition coefficient (Wildman–Crippen LogP) is 5.04. The molecule has 0 spiro atoms. The highest BCUT2D eigenvalue weighted by Crippen LogP contribution is 2.42. The van der Waals surface area contributed by atoms with Crippen molar-refractivity contribution in [2.45, 2.75) is 46.1 Å². The van der Waals surface area contributed by atoms with Gasteiger partial charge in [0.05, 0.1) is 31.4 Å². The average Bonchev–Trinajstić information content (AvgIpc) is 3.16. The Morgan fingerprint density at radius 1 is 0.921 bits per heavy atom. The van der Waals surface area contributed by atoms with Crippen molar-refractivity contribution in [3.05, 3.63) is 59.2 Å². The first-order valence-electron chi connectivity index (χ1n) is 13.4. The number of ether oxygens (including phenoxy) is 3. The van der Waals surface area contributed by atoms with Crippen molar-refractivity contribution in [1.29, 1.82) is 0 Å². The van der Waals surface area contributed by atoms with Crippen LogP contribution in [0.5, 0.6) is 17.2 Å². The number of carbonyl (C=O) groups is 2. The van der Waals surface area contributed by atoms with Crippen molar-refractivity contribution in [3.8, 4) is 17.2 Å². The molecule has 1 fully saturated rings. The van der Waals surface area contributed by atoms with Crippen LogP contribution in [-0.4, -0.2) is 73.6 Å². The van der Waals surface area contributed by atoms with Gasteiger partial charge in [0.15, 0.2) is 11.5 Å². The van der Waals surface area contributed by atoms with Crippen LogP contribution in [0.25, 0.3) is 5.76 Å². The molecule has 8 nitrogen and oxygen atoms in total. The first kappa shape index (κ1) is 29.0. The van der Waals surface area contributed by atoms with E-state index < -0.39 is 17.7 Å². The molecule has 1 amide bonds. The van der Waals surface area contributed by atoms with E-state index in [0.717, 1.165) is 19.3 Å². The zero-order chi connectivity index (χ0) is 27.7. The molecule has 3 rings (SSSR count). The topological polar surface area (TPSA) is 88.5 Å². The van der Waals surface area contributed by atoms with E-state index in [4.69, 9.17) is 14.2 Å². The summed E-state index contributed by atoms with van der Waals surface area (Å²) in [6.45, 7) is 8.31. The van der Waals surface area contributed by atoms with Gasteiger partial charge in [0.25, 0.3) is 11.7 Å². The van der Waals surface area contributed by atoms with E-state index in [9.17, 15) is 14.7 Å². The van der Waals surface area contributed by atoms with Crippen molar-refractivity contribution in [2.24, 2.45) is 0 Å². The number of nitrogens with zero attached hydrogens (tertiary/aromatic N) is 2. The van der Waals surface area contributed by atoms with E-state index >= 15 is 0 Å². The summed E-state index contributed by atoms with van der Waals surface area (Å²) in [6, 6.07) is 11.6. The van der Waals surface area contributed by atoms with Gasteiger partial charge in [0, 0.05) is 18.7 Å². The molecular weight excluding hydrogens is 484 g/mol. The number of hydrogen-bond acceptors (Lipinski definition) is 7. The van der Waals surface area contributed by atoms with Crippen LogP contribution in [0.4, 0.5) is 0 Å². The van der Waals surface area contributed by atoms with Gasteiger partial charge in [-0.15, -0.1) is 0 Å². The van der Waals surface area contributed by atoms with E-state index in [1.807, 2.05) is 38.9 Å². The summed E-state index contributed by atoms with van der Waals surface area (Å²) in [7, 11) is 3.81. The van der Waals surface area contributed by atoms with Gasteiger partial charge in [-0.25, -0.2) is 0 Å². The lowest BCUT2D eigenvalue weighted by Gasteiger charge is -2.27. The molecule has 2 aromatic rings. The minimum Gasteiger partial charge on any atom is -0.507 e. The Morgan fingerprint density at radius 3 is 2.24 bits per heavy atom. The standard InChI is InChI=1S/C30H40N2O6/c1-6-9-10-19-38-23-14-11-21(12-15-23)28(33)26-27(32(18-17-31(4)5)30(35)29(26)34)22-13-16-24(36-7-2)25(20-22)37-8-3/h11-16,20,27,33H,6-10,17-19H2,1-5H3/b28-26-. The molecule has 0 aliphatic carbocycles. The Hall–Kier alpha value is -3.52. The number of likely N-dealkylation sites (tertiary alicyclic amines) is 1. The van der Waals surface area contributed by atoms with Gasteiger partial charge < -0.3 is 29.1 Å². The summed E-state index contributed by atoms with van der Waals surface area (Å²) < 4.78 is 17.3. The molecule has 0 saturated carbocycles. The van der Waals surface area contributed by atoms with Crippen LogP contribution in [0.2, 0.25) is 0 Å². The lowest BCUT2D eigenvalue weighted by Crippen LogP contribution is -2.35. The molecule has 1 aliphatic heterocycles. The quantitative estimate of drug-likeness (QED) is 0.160. The van der Waals surface area contributed by atoms with Crippen LogP contribution in [0.3, 0.4) is 0 Å². The maximum atomic E-state index is 13.3. The van der Waals surface area contributed by atoms with Crippen molar-refractivity contribution in [3.63, 3.8) is 0 Å². The lowest BCUT2D eigenvalue weighted by molar-refractivity contribution is -0.140. The number of aliphatic hydroxyl groups excluding tert-OH is 1. The van der Waals surface area contributed by atoms with Crippen LogP contribution in [0.15, 0.2) is 48.0 Å². The van der Waals surface area contributed by atoms with Crippen molar-refractivity contribution in [1.82, 2.24) is 9.80 Å². The number of rotatable bonds is 14. The maximum Gasteiger partial charge on any atom is 0.295 e. The Bertz CT molecular complexity index is 1130. The molecule has 1 aliphatic rings. The summed E-state index contributed by atoms with van der Waals surface area (Å²) in [4.78, 5) is 30.0. The minimum atomic E-state index is -0.769. The van der Waals surface area contributed by atoms with E-state index in [1.165, 1.54) is 4.90 Å². The zero-order valence-electron chi connectivity index (χ0n) is 23.2. The van der Waals surface area contributed by atoms with Crippen LogP contribution in [0, 0.1) is 0 Å². The molecule has 1 saturated heterocycles. The third kappa shape index (κ3) is 6.86. The van der Waals surface area contributed by atoms with Crippen LogP contribution in [0.1, 0.15) is 57.2 Å². The fourth-order valence-corrected chi connectivity index (χ4v) is 4.41. The van der Waals surface area contributed by atoms with Gasteiger partial charge in [0.1, 0.15) is 11.5 Å². The molecule has 1 heterocycles. The number of benzene rings is 2. The third-order valence-corrected chi connectivity index (χ3v) is 6.36. The summed E-state index contributed by atoms with van der Waals surface area (Å²) in [5.74, 6) is 0.227. The Labute approximate surface area is 225 Å². The Balaban J connectivity index is 2.03. The fourth-order valence-electron chi connectivity index (χ4n) is 4.41. The molecule has 38 heavy (non-hydrogen) atoms. The van der Waals surface area contributed by atoms with E-state index in [0.29, 0.717) is 61.3 Å². The average molecular weight is 525 g/mol. The number of amides is 1. The number of ketones is 1. The second-order valence-electron chi connectivity index (χ2n) is 9.45. The molecular formula is C30H40N2O6. The second kappa shape index (κ2) is 13.9. The lowest BCUT2D eigenvalue weighted by atomic mass is 9.95. The Morgan fingerprint density at radius 2 is 1.61 bits per heavy atom. The van der Waals surface area contributed by atoms with Crippen LogP contribution < -0.4 is 14.2 Å². The molecule has 206 valence electrons. The molecule has 1 atom stereocenters. The third-order valence-electron chi connectivity index (χ3n) is 6.36. The highest BCUT2D eigenvalue weighted by molar-refractivity contribution is 6.46. The molecule has 2 aromatic carbocycles. The second-order valence-corrected chi connectivity index (χ2v) is 9.45. The number of carbonyl (C=O) groups excluding carboxylic acids is 2. The number of hydrogen-bond donors (Lipinski definition) is 1. The Kier molecular flexibility index (Phi) is 10.6. The molecule has 1 N–H and O–H groups in total. The van der Waals surface area contributed by atoms with Gasteiger partial charge in [-0.2, -0.15) is 0 Å². The molecule has 8 heteroatoms. The number of aliphatic hydroxyl groups is 1. The largest absolute Gasteiger partial charge is 0.507 e. The molecule has 0 bridgehead atoms. The van der Waals surface area contributed by atoms with Gasteiger partial charge in [-0.05, 0) is 76.3 Å². The summed E-state index contributed by atoms with van der Waals surface area (Å²) >= 11 is 0.